The van der Waals surface area contributed by atoms with E-state index in [0.717, 1.165) is 21.8 Å². The molecule has 0 unspecified atom stereocenters. The molecule has 2 nitrogen and oxygen atoms in total. The number of hydrogen-bond donors (Lipinski definition) is 0. The predicted molar refractivity (Wildman–Crippen MR) is 115 cm³/mol. The van der Waals surface area contributed by atoms with E-state index in [1.807, 2.05) is 24.5 Å². The number of aromatic nitrogens is 2. The van der Waals surface area contributed by atoms with E-state index < -0.39 is 0 Å². The minimum atomic E-state index is 0. The van der Waals surface area contributed by atoms with Gasteiger partial charge in [0.2, 0.25) is 0 Å². The standard InChI is InChI=1S/C24H16N2.Cs.H/c1-3-7-17(8-4-1)19-13-15-25-23-21(19)11-12-22-20(14-16-26-24(22)23)18-9-5-2-6-10-18;;/h1-16H;;. The molecule has 0 saturated carbocycles. The van der Waals surface area contributed by atoms with Gasteiger partial charge in [-0.25, -0.2) is 0 Å². The van der Waals surface area contributed by atoms with Crippen molar-refractivity contribution in [2.24, 2.45) is 0 Å². The molecule has 3 heteroatoms. The second-order valence-electron chi connectivity index (χ2n) is 6.31. The number of pyridine rings is 2. The van der Waals surface area contributed by atoms with Crippen LogP contribution >= 0.6 is 0 Å². The summed E-state index contributed by atoms with van der Waals surface area (Å²) in [5, 5.41) is 2.26. The smallest absolute Gasteiger partial charge is 0.0970 e. The Morgan fingerprint density at radius 1 is 0.444 bits per heavy atom. The van der Waals surface area contributed by atoms with E-state index in [-0.39, 0.29) is 68.9 Å². The van der Waals surface area contributed by atoms with Crippen molar-refractivity contribution >= 4 is 90.7 Å². The van der Waals surface area contributed by atoms with Crippen LogP contribution in [-0.4, -0.2) is 78.9 Å². The first-order chi connectivity index (χ1) is 12.9. The molecule has 0 bridgehead atoms. The van der Waals surface area contributed by atoms with Crippen LogP contribution in [0, 0.1) is 0 Å². The molecule has 2 heterocycles. The molecule has 5 aromatic rings. The summed E-state index contributed by atoms with van der Waals surface area (Å²) >= 11 is 0. The van der Waals surface area contributed by atoms with Gasteiger partial charge < -0.3 is 0 Å². The topological polar surface area (TPSA) is 25.8 Å². The van der Waals surface area contributed by atoms with Crippen molar-refractivity contribution in [2.75, 3.05) is 0 Å². The van der Waals surface area contributed by atoms with Gasteiger partial charge in [0.25, 0.3) is 0 Å². The van der Waals surface area contributed by atoms with Crippen molar-refractivity contribution in [1.29, 1.82) is 0 Å². The molecular weight excluding hydrogens is 449 g/mol. The predicted octanol–water partition coefficient (Wildman–Crippen LogP) is 5.47. The van der Waals surface area contributed by atoms with Crippen LogP contribution in [0.1, 0.15) is 0 Å². The van der Waals surface area contributed by atoms with Crippen LogP contribution in [0.3, 0.4) is 0 Å². The third-order valence-corrected chi connectivity index (χ3v) is 4.79. The van der Waals surface area contributed by atoms with Crippen molar-refractivity contribution in [1.82, 2.24) is 9.97 Å². The Hall–Kier alpha value is -1.47. The maximum Gasteiger partial charge on any atom is 0.0970 e. The van der Waals surface area contributed by atoms with Crippen molar-refractivity contribution in [3.05, 3.63) is 97.3 Å². The Morgan fingerprint density at radius 2 is 0.852 bits per heavy atom. The molecular formula is C24H17CsN2. The summed E-state index contributed by atoms with van der Waals surface area (Å²) in [7, 11) is 0. The first-order valence-electron chi connectivity index (χ1n) is 8.69. The number of hydrogen-bond acceptors (Lipinski definition) is 2. The van der Waals surface area contributed by atoms with Crippen LogP contribution in [0.5, 0.6) is 0 Å². The van der Waals surface area contributed by atoms with E-state index in [9.17, 15) is 0 Å². The zero-order valence-corrected chi connectivity index (χ0v) is 14.1. The molecule has 0 spiro atoms. The van der Waals surface area contributed by atoms with Crippen molar-refractivity contribution in [3.63, 3.8) is 0 Å². The van der Waals surface area contributed by atoms with Crippen LogP contribution in [0.15, 0.2) is 97.3 Å². The number of rotatable bonds is 2. The van der Waals surface area contributed by atoms with Gasteiger partial charge in [0.15, 0.2) is 0 Å². The maximum absolute atomic E-state index is 4.67. The van der Waals surface area contributed by atoms with Gasteiger partial charge in [-0.15, -0.1) is 0 Å². The third-order valence-electron chi connectivity index (χ3n) is 4.79. The van der Waals surface area contributed by atoms with Gasteiger partial charge in [0, 0.05) is 23.2 Å². The van der Waals surface area contributed by atoms with E-state index >= 15 is 0 Å². The van der Waals surface area contributed by atoms with Gasteiger partial charge in [-0.1, -0.05) is 72.8 Å². The average molecular weight is 466 g/mol. The van der Waals surface area contributed by atoms with Gasteiger partial charge >= 0.3 is 68.9 Å². The maximum atomic E-state index is 4.67. The van der Waals surface area contributed by atoms with Gasteiger partial charge in [0.05, 0.1) is 11.0 Å². The second-order valence-corrected chi connectivity index (χ2v) is 6.31. The number of fused-ring (bicyclic) bond motifs is 3. The molecule has 0 atom stereocenters. The van der Waals surface area contributed by atoms with Crippen LogP contribution in [0.25, 0.3) is 44.1 Å². The van der Waals surface area contributed by atoms with Crippen molar-refractivity contribution < 1.29 is 0 Å². The summed E-state index contributed by atoms with van der Waals surface area (Å²) in [6.45, 7) is 0. The first-order valence-corrected chi connectivity index (χ1v) is 8.69. The van der Waals surface area contributed by atoms with E-state index in [1.165, 1.54) is 22.3 Å². The zero-order chi connectivity index (χ0) is 17.3. The summed E-state index contributed by atoms with van der Waals surface area (Å²) in [6, 6.07) is 29.3. The molecule has 3 aromatic carbocycles. The zero-order valence-electron chi connectivity index (χ0n) is 14.1. The Morgan fingerprint density at radius 3 is 1.26 bits per heavy atom. The van der Waals surface area contributed by atoms with Crippen LogP contribution in [-0.2, 0) is 0 Å². The minimum Gasteiger partial charge on any atom is -0.254 e. The number of benzene rings is 3. The molecule has 5 rings (SSSR count). The molecule has 0 N–H and O–H groups in total. The van der Waals surface area contributed by atoms with Gasteiger partial charge in [-0.2, -0.15) is 0 Å². The monoisotopic (exact) mass is 466 g/mol. The average Bonchev–Trinajstić information content (AvgIpc) is 2.74. The summed E-state index contributed by atoms with van der Waals surface area (Å²) in [6.07, 6.45) is 3.75. The Balaban J connectivity index is 0.00000180. The molecule has 2 aromatic heterocycles. The van der Waals surface area contributed by atoms with Crippen LogP contribution in [0.4, 0.5) is 0 Å². The summed E-state index contributed by atoms with van der Waals surface area (Å²) in [5.41, 5.74) is 6.65. The Bertz CT molecular complexity index is 1120. The molecule has 0 aliphatic heterocycles. The number of nitrogens with zero attached hydrogens (tertiary/aromatic N) is 2. The molecule has 124 valence electrons. The summed E-state index contributed by atoms with van der Waals surface area (Å²) in [4.78, 5) is 9.34. The molecule has 0 aliphatic rings. The molecule has 0 amide bonds. The van der Waals surface area contributed by atoms with E-state index in [2.05, 4.69) is 82.8 Å². The summed E-state index contributed by atoms with van der Waals surface area (Å²) in [5.74, 6) is 0. The second kappa shape index (κ2) is 8.27. The summed E-state index contributed by atoms with van der Waals surface area (Å²) < 4.78 is 0. The normalized spacial score (nSPS) is 10.7. The first kappa shape index (κ1) is 18.9. The van der Waals surface area contributed by atoms with Crippen molar-refractivity contribution in [2.45, 2.75) is 0 Å². The quantitative estimate of drug-likeness (QED) is 0.323. The van der Waals surface area contributed by atoms with Crippen LogP contribution < -0.4 is 0 Å². The fraction of sp³-hybridized carbons (Fsp3) is 0. The van der Waals surface area contributed by atoms with Gasteiger partial charge in [0.1, 0.15) is 0 Å². The van der Waals surface area contributed by atoms with E-state index in [0.29, 0.717) is 0 Å². The third kappa shape index (κ3) is 3.51. The van der Waals surface area contributed by atoms with Gasteiger partial charge in [-0.3, -0.25) is 9.97 Å². The van der Waals surface area contributed by atoms with Crippen molar-refractivity contribution in [3.8, 4) is 22.3 Å². The Kier molecular flexibility index (Phi) is 5.78. The molecule has 0 saturated heterocycles. The molecule has 0 fully saturated rings. The van der Waals surface area contributed by atoms with Gasteiger partial charge in [-0.05, 0) is 34.4 Å². The molecule has 27 heavy (non-hydrogen) atoms. The SMILES string of the molecule is [CsH].c1ccc(-c2ccnc3c2ccc2c(-c4ccccc4)ccnc23)cc1. The molecule has 0 radical (unpaired) electrons. The Labute approximate surface area is 217 Å². The van der Waals surface area contributed by atoms with Crippen LogP contribution in [0.2, 0.25) is 0 Å². The minimum absolute atomic E-state index is 0. The fourth-order valence-electron chi connectivity index (χ4n) is 3.57. The largest absolute Gasteiger partial charge is 0.254 e. The molecule has 0 aliphatic carbocycles. The van der Waals surface area contributed by atoms with E-state index in [4.69, 9.17) is 0 Å². The fourth-order valence-corrected chi connectivity index (χ4v) is 3.57. The van der Waals surface area contributed by atoms with E-state index in [1.54, 1.807) is 0 Å².